The third-order valence-electron chi connectivity index (χ3n) is 6.11. The molecule has 0 fully saturated rings. The van der Waals surface area contributed by atoms with E-state index in [-0.39, 0.29) is 31.9 Å². The molecule has 10 nitrogen and oxygen atoms in total. The number of carbonyl (C=O) groups is 3. The van der Waals surface area contributed by atoms with E-state index < -0.39 is 18.0 Å². The molecule has 0 saturated carbocycles. The molecular weight excluding hydrogens is 488 g/mol. The Hall–Kier alpha value is -3.89. The van der Waals surface area contributed by atoms with Crippen LogP contribution in [0, 0.1) is 6.92 Å². The third kappa shape index (κ3) is 8.32. The number of ether oxygens (including phenoxy) is 3. The lowest BCUT2D eigenvalue weighted by Gasteiger charge is -2.11. The minimum atomic E-state index is -0.681. The van der Waals surface area contributed by atoms with Crippen molar-refractivity contribution in [3.05, 3.63) is 59.3 Å². The van der Waals surface area contributed by atoms with Crippen LogP contribution in [-0.4, -0.2) is 55.7 Å². The molecule has 10 heteroatoms. The minimum Gasteiger partial charge on any atom is -0.497 e. The number of aromatic amines is 1. The smallest absolute Gasteiger partial charge is 0.322 e. The Morgan fingerprint density at radius 1 is 1.03 bits per heavy atom. The number of hydrogen-bond acceptors (Lipinski definition) is 8. The van der Waals surface area contributed by atoms with E-state index >= 15 is 0 Å². The molecule has 1 atom stereocenters. The number of aryl methyl sites for hydroxylation is 1. The van der Waals surface area contributed by atoms with Gasteiger partial charge in [-0.05, 0) is 67.8 Å². The molecule has 0 spiro atoms. The number of fused-ring (bicyclic) bond motifs is 1. The zero-order chi connectivity index (χ0) is 27.5. The number of carbonyl (C=O) groups excluding carboxylic acids is 3. The van der Waals surface area contributed by atoms with E-state index in [1.54, 1.807) is 31.4 Å². The topological polar surface area (TPSA) is 159 Å². The van der Waals surface area contributed by atoms with Crippen molar-refractivity contribution in [2.24, 2.45) is 11.5 Å². The van der Waals surface area contributed by atoms with Crippen molar-refractivity contribution < 1.29 is 28.6 Å². The summed E-state index contributed by atoms with van der Waals surface area (Å²) >= 11 is 0. The van der Waals surface area contributed by atoms with Crippen molar-refractivity contribution in [1.82, 2.24) is 10.3 Å². The first kappa shape index (κ1) is 28.7. The second kappa shape index (κ2) is 14.2. The Bertz CT molecular complexity index is 1240. The molecule has 0 aliphatic carbocycles. The number of H-pyrrole nitrogens is 1. The van der Waals surface area contributed by atoms with Gasteiger partial charge >= 0.3 is 11.9 Å². The molecule has 1 amide bonds. The van der Waals surface area contributed by atoms with Crippen LogP contribution in [0.25, 0.3) is 10.9 Å². The predicted molar refractivity (Wildman–Crippen MR) is 144 cm³/mol. The second-order valence-corrected chi connectivity index (χ2v) is 9.02. The molecule has 0 saturated heterocycles. The largest absolute Gasteiger partial charge is 0.497 e. The molecule has 6 N–H and O–H groups in total. The van der Waals surface area contributed by atoms with Gasteiger partial charge in [-0.1, -0.05) is 18.6 Å². The van der Waals surface area contributed by atoms with Crippen molar-refractivity contribution >= 4 is 28.7 Å². The van der Waals surface area contributed by atoms with Gasteiger partial charge in [-0.2, -0.15) is 0 Å². The van der Waals surface area contributed by atoms with E-state index in [0.29, 0.717) is 24.5 Å². The van der Waals surface area contributed by atoms with Crippen LogP contribution in [0.1, 0.15) is 36.1 Å². The standard InChI is InChI=1S/C28H36N4O6/c1-18-22(23-16-21(36-2)10-11-25(23)32-18)17-27(34)38-20-8-6-19(7-9-20)15-26(33)31-13-14-37-28(35)24(30)5-3-4-12-29/h6-11,16,24,32H,3-5,12-15,17,29-30H2,1-2H3,(H,31,33). The Morgan fingerprint density at radius 2 is 1.76 bits per heavy atom. The summed E-state index contributed by atoms with van der Waals surface area (Å²) in [5, 5.41) is 3.62. The molecule has 204 valence electrons. The molecule has 3 rings (SSSR count). The summed E-state index contributed by atoms with van der Waals surface area (Å²) in [6.45, 7) is 2.71. The van der Waals surface area contributed by atoms with E-state index in [9.17, 15) is 14.4 Å². The number of hydrogen-bond donors (Lipinski definition) is 4. The Morgan fingerprint density at radius 3 is 2.47 bits per heavy atom. The number of nitrogens with one attached hydrogen (secondary N) is 2. The maximum atomic E-state index is 12.6. The number of benzene rings is 2. The first-order valence-electron chi connectivity index (χ1n) is 12.6. The molecule has 1 heterocycles. The van der Waals surface area contributed by atoms with Crippen LogP contribution in [0.5, 0.6) is 11.5 Å². The van der Waals surface area contributed by atoms with Gasteiger partial charge in [0.1, 0.15) is 24.1 Å². The SMILES string of the molecule is COc1ccc2[nH]c(C)c(CC(=O)Oc3ccc(CC(=O)NCCOC(=O)C(N)CCCCN)cc3)c2c1. The zero-order valence-corrected chi connectivity index (χ0v) is 21.9. The zero-order valence-electron chi connectivity index (χ0n) is 21.9. The minimum absolute atomic E-state index is 0.0483. The molecule has 3 aromatic rings. The van der Waals surface area contributed by atoms with Gasteiger partial charge in [0.15, 0.2) is 0 Å². The van der Waals surface area contributed by atoms with Crippen molar-refractivity contribution in [2.45, 2.75) is 45.1 Å². The van der Waals surface area contributed by atoms with E-state index in [4.69, 9.17) is 25.7 Å². The molecule has 1 unspecified atom stereocenters. The lowest BCUT2D eigenvalue weighted by molar-refractivity contribution is -0.145. The Kier molecular flexibility index (Phi) is 10.7. The van der Waals surface area contributed by atoms with Crippen LogP contribution < -0.4 is 26.3 Å². The van der Waals surface area contributed by atoms with Crippen LogP contribution >= 0.6 is 0 Å². The fourth-order valence-corrected chi connectivity index (χ4v) is 4.03. The lowest BCUT2D eigenvalue weighted by atomic mass is 10.1. The lowest BCUT2D eigenvalue weighted by Crippen LogP contribution is -2.35. The van der Waals surface area contributed by atoms with E-state index in [1.165, 1.54) is 0 Å². The summed E-state index contributed by atoms with van der Waals surface area (Å²) in [6, 6.07) is 11.7. The number of esters is 2. The number of amides is 1. The Balaban J connectivity index is 1.42. The van der Waals surface area contributed by atoms with Crippen molar-refractivity contribution in [3.63, 3.8) is 0 Å². The van der Waals surface area contributed by atoms with Crippen LogP contribution in [0.2, 0.25) is 0 Å². The highest BCUT2D eigenvalue weighted by atomic mass is 16.5. The number of nitrogens with two attached hydrogens (primary N) is 2. The van der Waals surface area contributed by atoms with Crippen molar-refractivity contribution in [3.8, 4) is 11.5 Å². The first-order valence-corrected chi connectivity index (χ1v) is 12.6. The van der Waals surface area contributed by atoms with Crippen LogP contribution in [-0.2, 0) is 32.0 Å². The maximum absolute atomic E-state index is 12.6. The predicted octanol–water partition coefficient (Wildman–Crippen LogP) is 2.29. The van der Waals surface area contributed by atoms with E-state index in [2.05, 4.69) is 10.3 Å². The van der Waals surface area contributed by atoms with E-state index in [0.717, 1.165) is 40.6 Å². The maximum Gasteiger partial charge on any atom is 0.322 e. The van der Waals surface area contributed by atoms with Gasteiger partial charge in [0.25, 0.3) is 0 Å². The summed E-state index contributed by atoms with van der Waals surface area (Å²) in [5.41, 5.74) is 14.6. The van der Waals surface area contributed by atoms with Gasteiger partial charge in [-0.25, -0.2) is 0 Å². The Labute approximate surface area is 222 Å². The first-order chi connectivity index (χ1) is 18.3. The van der Waals surface area contributed by atoms with Crippen molar-refractivity contribution in [1.29, 1.82) is 0 Å². The second-order valence-electron chi connectivity index (χ2n) is 9.02. The quantitative estimate of drug-likeness (QED) is 0.142. The normalized spacial score (nSPS) is 11.7. The number of methoxy groups -OCH3 is 1. The molecule has 0 aliphatic heterocycles. The number of rotatable bonds is 14. The highest BCUT2D eigenvalue weighted by Crippen LogP contribution is 2.27. The molecular formula is C28H36N4O6. The molecule has 0 radical (unpaired) electrons. The number of aromatic nitrogens is 1. The van der Waals surface area contributed by atoms with Gasteiger partial charge in [0.05, 0.1) is 26.5 Å². The summed E-state index contributed by atoms with van der Waals surface area (Å²) in [5.74, 6) is 0.00850. The van der Waals surface area contributed by atoms with E-state index in [1.807, 2.05) is 25.1 Å². The van der Waals surface area contributed by atoms with Gasteiger partial charge in [-0.3, -0.25) is 14.4 Å². The molecule has 2 aromatic carbocycles. The summed E-state index contributed by atoms with van der Waals surface area (Å²) in [7, 11) is 1.60. The van der Waals surface area contributed by atoms with Crippen LogP contribution in [0.4, 0.5) is 0 Å². The summed E-state index contributed by atoms with van der Waals surface area (Å²) in [6.07, 6.45) is 2.33. The van der Waals surface area contributed by atoms with Gasteiger partial charge < -0.3 is 36.0 Å². The average Bonchev–Trinajstić information content (AvgIpc) is 3.21. The van der Waals surface area contributed by atoms with Gasteiger partial charge in [0.2, 0.25) is 5.91 Å². The summed E-state index contributed by atoms with van der Waals surface area (Å²) < 4.78 is 15.9. The highest BCUT2D eigenvalue weighted by Gasteiger charge is 2.16. The third-order valence-corrected chi connectivity index (χ3v) is 6.11. The summed E-state index contributed by atoms with van der Waals surface area (Å²) in [4.78, 5) is 39.9. The van der Waals surface area contributed by atoms with Crippen LogP contribution in [0.15, 0.2) is 42.5 Å². The fourth-order valence-electron chi connectivity index (χ4n) is 4.03. The molecule has 38 heavy (non-hydrogen) atoms. The monoisotopic (exact) mass is 524 g/mol. The number of unbranched alkanes of at least 4 members (excludes halogenated alkanes) is 1. The van der Waals surface area contributed by atoms with Gasteiger partial charge in [0, 0.05) is 16.6 Å². The molecule has 1 aromatic heterocycles. The average molecular weight is 525 g/mol. The van der Waals surface area contributed by atoms with Gasteiger partial charge in [-0.15, -0.1) is 0 Å². The molecule has 0 bridgehead atoms. The molecule has 0 aliphatic rings. The fraction of sp³-hybridized carbons (Fsp3) is 0.393. The van der Waals surface area contributed by atoms with Crippen LogP contribution in [0.3, 0.4) is 0 Å². The van der Waals surface area contributed by atoms with Crippen molar-refractivity contribution in [2.75, 3.05) is 26.8 Å². The highest BCUT2D eigenvalue weighted by molar-refractivity contribution is 5.90.